The highest BCUT2D eigenvalue weighted by Gasteiger charge is 2.24. The Morgan fingerprint density at radius 3 is 2.24 bits per heavy atom. The smallest absolute Gasteiger partial charge is 0.326 e. The molecule has 0 aromatic heterocycles. The van der Waals surface area contributed by atoms with Gasteiger partial charge < -0.3 is 20.8 Å². The molecule has 0 aliphatic rings. The molecule has 0 saturated heterocycles. The van der Waals surface area contributed by atoms with Crippen LogP contribution in [0.4, 0.5) is 23.7 Å². The van der Waals surface area contributed by atoms with E-state index in [2.05, 4.69) is 0 Å². The Labute approximate surface area is 115 Å². The summed E-state index contributed by atoms with van der Waals surface area (Å²) in [5.74, 6) is -8.06. The molecule has 10 heteroatoms. The van der Waals surface area contributed by atoms with E-state index in [9.17, 15) is 27.6 Å². The number of anilines is 1. The molecule has 2 amide bonds. The van der Waals surface area contributed by atoms with Gasteiger partial charge in [0, 0.05) is 0 Å². The minimum atomic E-state index is -1.81. The van der Waals surface area contributed by atoms with Crippen LogP contribution in [0.1, 0.15) is 6.42 Å². The topological polar surface area (TPSA) is 116 Å². The highest BCUT2D eigenvalue weighted by atomic mass is 19.2. The second kappa shape index (κ2) is 6.59. The molecule has 0 aliphatic heterocycles. The van der Waals surface area contributed by atoms with Gasteiger partial charge >= 0.3 is 18.0 Å². The summed E-state index contributed by atoms with van der Waals surface area (Å²) < 4.78 is 38.8. The van der Waals surface area contributed by atoms with Gasteiger partial charge in [-0.3, -0.25) is 4.79 Å². The second-order valence-electron chi connectivity index (χ2n) is 3.81. The zero-order chi connectivity index (χ0) is 16.2. The zero-order valence-electron chi connectivity index (χ0n) is 10.2. The summed E-state index contributed by atoms with van der Waals surface area (Å²) in [6.07, 6.45) is -0.914. The molecule has 7 nitrogen and oxygen atoms in total. The molecule has 0 unspecified atom stereocenters. The Kier molecular flexibility index (Phi) is 5.11. The number of benzene rings is 1. The van der Waals surface area contributed by atoms with Gasteiger partial charge in [0.2, 0.25) is 0 Å². The normalized spacial score (nSPS) is 11.6. The van der Waals surface area contributed by atoms with Crippen molar-refractivity contribution in [1.82, 2.24) is 5.32 Å². The number of nitrogens with one attached hydrogen (secondary N) is 2. The van der Waals surface area contributed by atoms with Crippen molar-refractivity contribution >= 4 is 23.7 Å². The Morgan fingerprint density at radius 1 is 1.10 bits per heavy atom. The summed E-state index contributed by atoms with van der Waals surface area (Å²) in [6, 6.07) is -1.77. The number of aliphatic carboxylic acids is 2. The van der Waals surface area contributed by atoms with Crippen molar-refractivity contribution in [3.05, 3.63) is 29.6 Å². The van der Waals surface area contributed by atoms with E-state index < -0.39 is 53.6 Å². The van der Waals surface area contributed by atoms with Gasteiger partial charge in [-0.2, -0.15) is 0 Å². The number of urea groups is 1. The third kappa shape index (κ3) is 4.37. The fourth-order valence-corrected chi connectivity index (χ4v) is 1.31. The lowest BCUT2D eigenvalue weighted by molar-refractivity contribution is -0.145. The van der Waals surface area contributed by atoms with Crippen LogP contribution in [0.5, 0.6) is 0 Å². The van der Waals surface area contributed by atoms with Crippen LogP contribution in [0.3, 0.4) is 0 Å². The van der Waals surface area contributed by atoms with E-state index in [0.29, 0.717) is 6.07 Å². The number of amides is 2. The van der Waals surface area contributed by atoms with Crippen LogP contribution in [-0.4, -0.2) is 34.2 Å². The standard InChI is InChI=1S/C11H9F3N2O5/c12-4-1-2-5(9(14)8(4)13)15-11(21)16-6(10(19)20)3-7(17)18/h1-2,6H,3H2,(H,17,18)(H,19,20)(H2,15,16,21)/t6-/m1/s1. The molecule has 114 valence electrons. The van der Waals surface area contributed by atoms with Crippen LogP contribution in [0, 0.1) is 17.5 Å². The molecule has 0 radical (unpaired) electrons. The first-order valence-corrected chi connectivity index (χ1v) is 5.38. The molecule has 1 atom stereocenters. The average molecular weight is 306 g/mol. The van der Waals surface area contributed by atoms with Crippen molar-refractivity contribution in [3.63, 3.8) is 0 Å². The van der Waals surface area contributed by atoms with Gasteiger partial charge in [0.15, 0.2) is 17.5 Å². The zero-order valence-corrected chi connectivity index (χ0v) is 10.2. The van der Waals surface area contributed by atoms with E-state index in [-0.39, 0.29) is 0 Å². The summed E-state index contributed by atoms with van der Waals surface area (Å²) in [5, 5.41) is 20.6. The molecule has 1 rings (SSSR count). The van der Waals surface area contributed by atoms with Crippen molar-refractivity contribution in [2.75, 3.05) is 5.32 Å². The van der Waals surface area contributed by atoms with Gasteiger partial charge in [-0.05, 0) is 12.1 Å². The average Bonchev–Trinajstić information content (AvgIpc) is 2.38. The number of carbonyl (C=O) groups excluding carboxylic acids is 1. The predicted molar refractivity (Wildman–Crippen MR) is 62.1 cm³/mol. The van der Waals surface area contributed by atoms with E-state index in [1.165, 1.54) is 0 Å². The van der Waals surface area contributed by atoms with Crippen LogP contribution in [-0.2, 0) is 9.59 Å². The second-order valence-corrected chi connectivity index (χ2v) is 3.81. The lowest BCUT2D eigenvalue weighted by Gasteiger charge is -2.13. The van der Waals surface area contributed by atoms with E-state index >= 15 is 0 Å². The van der Waals surface area contributed by atoms with Crippen molar-refractivity contribution in [2.24, 2.45) is 0 Å². The number of carboxylic acids is 2. The van der Waals surface area contributed by atoms with E-state index in [4.69, 9.17) is 10.2 Å². The van der Waals surface area contributed by atoms with Crippen LogP contribution in [0.2, 0.25) is 0 Å². The van der Waals surface area contributed by atoms with Crippen molar-refractivity contribution < 1.29 is 37.8 Å². The maximum atomic E-state index is 13.3. The lowest BCUT2D eigenvalue weighted by atomic mass is 10.2. The van der Waals surface area contributed by atoms with Gasteiger partial charge in [-0.15, -0.1) is 0 Å². The molecule has 0 heterocycles. The number of hydrogen-bond donors (Lipinski definition) is 4. The highest BCUT2D eigenvalue weighted by molar-refractivity contribution is 5.93. The quantitative estimate of drug-likeness (QED) is 0.609. The Hall–Kier alpha value is -2.78. The first kappa shape index (κ1) is 16.3. The first-order valence-electron chi connectivity index (χ1n) is 5.38. The fourth-order valence-electron chi connectivity index (χ4n) is 1.31. The largest absolute Gasteiger partial charge is 0.481 e. The number of hydrogen-bond acceptors (Lipinski definition) is 3. The first-order chi connectivity index (χ1) is 9.72. The van der Waals surface area contributed by atoms with Crippen LogP contribution in [0.15, 0.2) is 12.1 Å². The molecule has 1 aromatic rings. The monoisotopic (exact) mass is 306 g/mol. The van der Waals surface area contributed by atoms with Gasteiger partial charge in [0.05, 0.1) is 12.1 Å². The minimum absolute atomic E-state index is 0.556. The fraction of sp³-hybridized carbons (Fsp3) is 0.182. The molecule has 1 aromatic carbocycles. The molecule has 0 saturated carbocycles. The number of carboxylic acid groups (broad SMARTS) is 2. The molecule has 21 heavy (non-hydrogen) atoms. The Balaban J connectivity index is 2.79. The van der Waals surface area contributed by atoms with E-state index in [1.54, 1.807) is 10.6 Å². The van der Waals surface area contributed by atoms with Crippen LogP contribution in [0.25, 0.3) is 0 Å². The molecule has 0 bridgehead atoms. The third-order valence-corrected chi connectivity index (χ3v) is 2.27. The molecule has 0 spiro atoms. The molecule has 0 aliphatic carbocycles. The van der Waals surface area contributed by atoms with Gasteiger partial charge in [-0.25, -0.2) is 22.8 Å². The molecular formula is C11H9F3N2O5. The third-order valence-electron chi connectivity index (χ3n) is 2.27. The number of rotatable bonds is 5. The summed E-state index contributed by atoms with van der Waals surface area (Å²) in [7, 11) is 0. The van der Waals surface area contributed by atoms with Gasteiger partial charge in [-0.1, -0.05) is 0 Å². The Bertz CT molecular complexity index is 593. The maximum absolute atomic E-state index is 13.3. The summed E-state index contributed by atoms with van der Waals surface area (Å²) in [6.45, 7) is 0. The number of carbonyl (C=O) groups is 3. The minimum Gasteiger partial charge on any atom is -0.481 e. The number of halogens is 3. The summed E-state index contributed by atoms with van der Waals surface area (Å²) in [4.78, 5) is 32.5. The van der Waals surface area contributed by atoms with Gasteiger partial charge in [0.25, 0.3) is 0 Å². The molecular weight excluding hydrogens is 297 g/mol. The van der Waals surface area contributed by atoms with Gasteiger partial charge in [0.1, 0.15) is 6.04 Å². The molecule has 4 N–H and O–H groups in total. The SMILES string of the molecule is O=C(O)C[C@@H](NC(=O)Nc1ccc(F)c(F)c1F)C(=O)O. The summed E-state index contributed by atoms with van der Waals surface area (Å²) >= 11 is 0. The van der Waals surface area contributed by atoms with Crippen LogP contribution < -0.4 is 10.6 Å². The lowest BCUT2D eigenvalue weighted by Crippen LogP contribution is -2.44. The predicted octanol–water partition coefficient (Wildman–Crippen LogP) is 1.15. The van der Waals surface area contributed by atoms with Crippen molar-refractivity contribution in [2.45, 2.75) is 12.5 Å². The highest BCUT2D eigenvalue weighted by Crippen LogP contribution is 2.19. The van der Waals surface area contributed by atoms with Crippen molar-refractivity contribution in [3.8, 4) is 0 Å². The summed E-state index contributed by atoms with van der Waals surface area (Å²) in [5.41, 5.74) is -0.731. The maximum Gasteiger partial charge on any atom is 0.326 e. The van der Waals surface area contributed by atoms with Crippen molar-refractivity contribution in [1.29, 1.82) is 0 Å². The van der Waals surface area contributed by atoms with Crippen LogP contribution >= 0.6 is 0 Å². The van der Waals surface area contributed by atoms with E-state index in [1.807, 2.05) is 0 Å². The van der Waals surface area contributed by atoms with E-state index in [0.717, 1.165) is 6.07 Å². The molecule has 0 fully saturated rings. The Morgan fingerprint density at radius 2 is 1.71 bits per heavy atom.